The van der Waals surface area contributed by atoms with Gasteiger partial charge >= 0.3 is 0 Å². The molecular weight excluding hydrogens is 456 g/mol. The maximum Gasteiger partial charge on any atom is 0.282 e. The zero-order valence-electron chi connectivity index (χ0n) is 17.2. The van der Waals surface area contributed by atoms with Crippen LogP contribution < -0.4 is 0 Å². The van der Waals surface area contributed by atoms with Crippen molar-refractivity contribution in [3.63, 3.8) is 0 Å². The van der Waals surface area contributed by atoms with Gasteiger partial charge in [-0.25, -0.2) is 23.7 Å². The number of amides is 1. The lowest BCUT2D eigenvalue weighted by atomic mass is 10.0. The zero-order valence-corrected chi connectivity index (χ0v) is 18.8. The summed E-state index contributed by atoms with van der Waals surface area (Å²) in [5.41, 5.74) is 0.325. The third-order valence-corrected chi connectivity index (χ3v) is 7.77. The van der Waals surface area contributed by atoms with Crippen LogP contribution in [0.15, 0.2) is 30.6 Å². The van der Waals surface area contributed by atoms with Crippen molar-refractivity contribution in [3.05, 3.63) is 62.6 Å². The first-order chi connectivity index (χ1) is 15.2. The predicted octanol–water partition coefficient (Wildman–Crippen LogP) is 4.43. The first kappa shape index (κ1) is 21.1. The molecule has 4 heterocycles. The largest absolute Gasteiger partial charge is 0.383 e. The van der Waals surface area contributed by atoms with Crippen molar-refractivity contribution in [1.29, 1.82) is 0 Å². The second-order valence-electron chi connectivity index (χ2n) is 8.03. The predicted molar refractivity (Wildman–Crippen MR) is 117 cm³/mol. The van der Waals surface area contributed by atoms with E-state index in [1.54, 1.807) is 6.33 Å². The van der Waals surface area contributed by atoms with Crippen LogP contribution in [0.1, 0.15) is 63.1 Å². The Morgan fingerprint density at radius 1 is 1.28 bits per heavy atom. The van der Waals surface area contributed by atoms with E-state index in [4.69, 9.17) is 4.98 Å². The summed E-state index contributed by atoms with van der Waals surface area (Å²) in [7, 11) is 0. The molecule has 5 rings (SSSR count). The van der Waals surface area contributed by atoms with E-state index in [1.807, 2.05) is 24.3 Å². The molecule has 0 saturated heterocycles. The Morgan fingerprint density at radius 2 is 2.06 bits per heavy atom. The van der Waals surface area contributed by atoms with E-state index in [0.29, 0.717) is 23.7 Å². The number of hydrogen-bond acceptors (Lipinski definition) is 7. The normalized spacial score (nSPS) is 16.7. The number of fused-ring (bicyclic) bond motifs is 2. The maximum atomic E-state index is 13.8. The van der Waals surface area contributed by atoms with Crippen LogP contribution in [-0.4, -0.2) is 42.4 Å². The minimum Gasteiger partial charge on any atom is -0.383 e. The lowest BCUT2D eigenvalue weighted by molar-refractivity contribution is 0.0681. The molecule has 11 heteroatoms. The number of carbonyl (C=O) groups is 1. The number of imidazole rings is 1. The highest BCUT2D eigenvalue weighted by Gasteiger charge is 2.39. The average Bonchev–Trinajstić information content (AvgIpc) is 3.49. The van der Waals surface area contributed by atoms with Gasteiger partial charge in [0.05, 0.1) is 22.2 Å². The van der Waals surface area contributed by atoms with Crippen molar-refractivity contribution in [2.24, 2.45) is 0 Å². The third-order valence-electron chi connectivity index (χ3n) is 5.31. The summed E-state index contributed by atoms with van der Waals surface area (Å²) < 4.78 is 28.5. The highest BCUT2D eigenvalue weighted by atomic mass is 32.1. The zero-order chi connectivity index (χ0) is 22.6. The van der Waals surface area contributed by atoms with Gasteiger partial charge in [0, 0.05) is 18.7 Å². The van der Waals surface area contributed by atoms with E-state index in [9.17, 15) is 18.7 Å². The van der Waals surface area contributed by atoms with Gasteiger partial charge in [-0.15, -0.1) is 22.7 Å². The van der Waals surface area contributed by atoms with Gasteiger partial charge in [-0.2, -0.15) is 0 Å². The van der Waals surface area contributed by atoms with Crippen LogP contribution >= 0.6 is 22.7 Å². The molecule has 1 aliphatic heterocycles. The fourth-order valence-corrected chi connectivity index (χ4v) is 5.89. The van der Waals surface area contributed by atoms with E-state index in [1.165, 1.54) is 30.1 Å². The number of alkyl halides is 2. The van der Waals surface area contributed by atoms with Gasteiger partial charge in [-0.05, 0) is 26.0 Å². The number of halogens is 2. The average molecular weight is 476 g/mol. The molecule has 1 aliphatic rings. The number of thiazole rings is 2. The summed E-state index contributed by atoms with van der Waals surface area (Å²) >= 11 is 2.25. The molecule has 1 amide bonds. The topological polar surface area (TPSA) is 95.0 Å². The van der Waals surface area contributed by atoms with Crippen molar-refractivity contribution in [2.75, 3.05) is 6.54 Å². The summed E-state index contributed by atoms with van der Waals surface area (Å²) in [6.07, 6.45) is -0.848. The number of aliphatic hydroxyl groups is 1. The Morgan fingerprint density at radius 3 is 2.78 bits per heavy atom. The number of H-pyrrole nitrogens is 1. The Bertz CT molecular complexity index is 1270. The molecule has 0 spiro atoms. The molecule has 4 aromatic rings. The summed E-state index contributed by atoms with van der Waals surface area (Å²) in [5.74, 6) is -0.564. The fourth-order valence-electron chi connectivity index (χ4n) is 3.78. The van der Waals surface area contributed by atoms with Gasteiger partial charge in [0.1, 0.15) is 32.2 Å². The molecule has 0 radical (unpaired) electrons. The van der Waals surface area contributed by atoms with Crippen molar-refractivity contribution in [3.8, 4) is 0 Å². The van der Waals surface area contributed by atoms with Crippen molar-refractivity contribution in [1.82, 2.24) is 24.8 Å². The highest BCUT2D eigenvalue weighted by Crippen LogP contribution is 2.40. The van der Waals surface area contributed by atoms with Crippen LogP contribution in [0, 0.1) is 0 Å². The minimum absolute atomic E-state index is 0.0742. The number of hydrogen-bond donors (Lipinski definition) is 2. The smallest absolute Gasteiger partial charge is 0.282 e. The Labute approximate surface area is 189 Å². The number of aromatic nitrogens is 4. The molecular formula is C21H19F2N5O2S2. The second-order valence-corrected chi connectivity index (χ2v) is 10.1. The standard InChI is InChI=1S/C21H19F2N5O2S2/c1-21(2,30)20-27-14(17(22)23)16(32-20)19(29)28-8-7-11-13(25-9-24-11)15(28)18-26-10-5-3-4-6-12(10)31-18/h3-6,9,15,17,30H,7-8H2,1-2H3,(H,24,25)/t15-/m0/s1. The van der Waals surface area contributed by atoms with Gasteiger partial charge < -0.3 is 15.0 Å². The molecule has 0 saturated carbocycles. The van der Waals surface area contributed by atoms with Crippen molar-refractivity contribution in [2.45, 2.75) is 38.3 Å². The second kappa shape index (κ2) is 7.68. The third kappa shape index (κ3) is 3.50. The Hall–Kier alpha value is -2.76. The molecule has 0 fully saturated rings. The number of aromatic amines is 1. The molecule has 0 aliphatic carbocycles. The van der Waals surface area contributed by atoms with Crippen LogP contribution in [0.4, 0.5) is 8.78 Å². The van der Waals surface area contributed by atoms with E-state index in [2.05, 4.69) is 15.0 Å². The van der Waals surface area contributed by atoms with E-state index >= 15 is 0 Å². The number of carbonyl (C=O) groups excluding carboxylic acids is 1. The van der Waals surface area contributed by atoms with Gasteiger partial charge in [-0.3, -0.25) is 4.79 Å². The van der Waals surface area contributed by atoms with E-state index in [-0.39, 0.29) is 9.88 Å². The summed E-state index contributed by atoms with van der Waals surface area (Å²) in [6.45, 7) is 3.22. The van der Waals surface area contributed by atoms with Gasteiger partial charge in [-0.1, -0.05) is 12.1 Å². The quantitative estimate of drug-likeness (QED) is 0.455. The first-order valence-electron chi connectivity index (χ1n) is 9.94. The molecule has 7 nitrogen and oxygen atoms in total. The molecule has 1 atom stereocenters. The van der Waals surface area contributed by atoms with Crippen molar-refractivity contribution >= 4 is 38.8 Å². The van der Waals surface area contributed by atoms with Gasteiger partial charge in [0.15, 0.2) is 0 Å². The SMILES string of the molecule is CC(C)(O)c1nc(C(F)F)c(C(=O)N2CCc3[nH]cnc3[C@H]2c2nc3ccccc3s2)s1. The molecule has 3 aromatic heterocycles. The molecule has 2 N–H and O–H groups in total. The number of benzene rings is 1. The fraction of sp³-hybridized carbons (Fsp3) is 0.333. The van der Waals surface area contributed by atoms with Gasteiger partial charge in [0.2, 0.25) is 0 Å². The lowest BCUT2D eigenvalue weighted by Gasteiger charge is -2.33. The summed E-state index contributed by atoms with van der Waals surface area (Å²) in [5, 5.41) is 11.0. The molecule has 166 valence electrons. The van der Waals surface area contributed by atoms with Crippen molar-refractivity contribution < 1.29 is 18.7 Å². The summed E-state index contributed by atoms with van der Waals surface area (Å²) in [4.78, 5) is 31.1. The number of rotatable bonds is 4. The molecule has 1 aromatic carbocycles. The van der Waals surface area contributed by atoms with E-state index in [0.717, 1.165) is 27.2 Å². The van der Waals surface area contributed by atoms with E-state index < -0.39 is 29.7 Å². The van der Waals surface area contributed by atoms with Crippen LogP contribution in [0.3, 0.4) is 0 Å². The molecule has 0 unspecified atom stereocenters. The monoisotopic (exact) mass is 475 g/mol. The number of nitrogens with zero attached hydrogens (tertiary/aromatic N) is 4. The highest BCUT2D eigenvalue weighted by molar-refractivity contribution is 7.18. The number of nitrogens with one attached hydrogen (secondary N) is 1. The summed E-state index contributed by atoms with van der Waals surface area (Å²) in [6, 6.07) is 7.04. The first-order valence-corrected chi connectivity index (χ1v) is 11.6. The van der Waals surface area contributed by atoms with Crippen LogP contribution in [0.2, 0.25) is 0 Å². The maximum absolute atomic E-state index is 13.8. The van der Waals surface area contributed by atoms with Crippen LogP contribution in [0.25, 0.3) is 10.2 Å². The van der Waals surface area contributed by atoms with Gasteiger partial charge in [0.25, 0.3) is 12.3 Å². The minimum atomic E-state index is -2.94. The number of para-hydroxylation sites is 1. The lowest BCUT2D eigenvalue weighted by Crippen LogP contribution is -2.40. The Balaban J connectivity index is 1.62. The molecule has 0 bridgehead atoms. The Kier molecular flexibility index (Phi) is 5.06. The molecule has 32 heavy (non-hydrogen) atoms. The van der Waals surface area contributed by atoms with Crippen LogP contribution in [0.5, 0.6) is 0 Å². The van der Waals surface area contributed by atoms with Crippen LogP contribution in [-0.2, 0) is 12.0 Å².